The number of hydrogen-bond acceptors (Lipinski definition) is 3. The minimum atomic E-state index is 0.0378. The molecule has 1 amide bonds. The van der Waals surface area contributed by atoms with Crippen LogP contribution in [0, 0.1) is 0 Å². The maximum atomic E-state index is 12.9. The van der Waals surface area contributed by atoms with Crippen LogP contribution in [0.4, 0.5) is 0 Å². The van der Waals surface area contributed by atoms with Crippen molar-refractivity contribution in [2.75, 3.05) is 6.54 Å². The highest BCUT2D eigenvalue weighted by atomic mass is 16.2. The largest absolute Gasteiger partial charge is 0.358 e. The zero-order chi connectivity index (χ0) is 16.1. The molecule has 0 saturated heterocycles. The lowest BCUT2D eigenvalue weighted by Gasteiger charge is -2.27. The first kappa shape index (κ1) is 13.3. The van der Waals surface area contributed by atoms with Crippen LogP contribution in [0.25, 0.3) is 21.9 Å². The molecular weight excluding hydrogens is 302 g/mol. The Balaban J connectivity index is 1.50. The van der Waals surface area contributed by atoms with Gasteiger partial charge in [-0.05, 0) is 24.3 Å². The molecule has 2 N–H and O–H groups in total. The summed E-state index contributed by atoms with van der Waals surface area (Å²) < 4.78 is 0. The molecule has 24 heavy (non-hydrogen) atoms. The smallest absolute Gasteiger partial charge is 0.254 e. The van der Waals surface area contributed by atoms with Gasteiger partial charge >= 0.3 is 0 Å². The van der Waals surface area contributed by atoms with Crippen LogP contribution in [0.15, 0.2) is 42.5 Å². The third-order valence-electron chi connectivity index (χ3n) is 4.73. The number of aromatic nitrogens is 4. The van der Waals surface area contributed by atoms with Crippen molar-refractivity contribution < 1.29 is 4.79 Å². The predicted molar refractivity (Wildman–Crippen MR) is 90.6 cm³/mol. The van der Waals surface area contributed by atoms with Crippen molar-refractivity contribution in [1.82, 2.24) is 25.3 Å². The third kappa shape index (κ3) is 1.93. The first-order valence-electron chi connectivity index (χ1n) is 7.98. The summed E-state index contributed by atoms with van der Waals surface area (Å²) in [6, 6.07) is 13.7. The molecule has 6 nitrogen and oxygen atoms in total. The average Bonchev–Trinajstić information content (AvgIpc) is 3.24. The summed E-state index contributed by atoms with van der Waals surface area (Å²) in [7, 11) is 0. The second-order valence-electron chi connectivity index (χ2n) is 6.13. The van der Waals surface area contributed by atoms with Gasteiger partial charge in [-0.2, -0.15) is 15.4 Å². The number of H-pyrrole nitrogens is 2. The molecule has 0 bridgehead atoms. The monoisotopic (exact) mass is 317 g/mol. The molecule has 0 radical (unpaired) electrons. The number of para-hydroxylation sites is 1. The molecule has 2 aromatic heterocycles. The molecule has 0 aliphatic carbocycles. The Bertz CT molecular complexity index is 1080. The van der Waals surface area contributed by atoms with E-state index in [-0.39, 0.29) is 5.91 Å². The summed E-state index contributed by atoms with van der Waals surface area (Å²) in [6.07, 6.45) is 0.849. The summed E-state index contributed by atoms with van der Waals surface area (Å²) in [5, 5.41) is 11.9. The first-order chi connectivity index (χ1) is 11.8. The Morgan fingerprint density at radius 3 is 2.92 bits per heavy atom. The van der Waals surface area contributed by atoms with Gasteiger partial charge in [0.2, 0.25) is 0 Å². The molecule has 1 aliphatic heterocycles. The van der Waals surface area contributed by atoms with E-state index in [0.717, 1.165) is 24.0 Å². The molecule has 5 rings (SSSR count). The van der Waals surface area contributed by atoms with Crippen LogP contribution < -0.4 is 0 Å². The van der Waals surface area contributed by atoms with E-state index in [4.69, 9.17) is 0 Å². The van der Waals surface area contributed by atoms with E-state index in [1.807, 2.05) is 29.2 Å². The van der Waals surface area contributed by atoms with Crippen LogP contribution in [0.3, 0.4) is 0 Å². The molecule has 3 heterocycles. The highest BCUT2D eigenvalue weighted by Gasteiger charge is 2.25. The van der Waals surface area contributed by atoms with Gasteiger partial charge in [0.15, 0.2) is 0 Å². The Labute approximate surface area is 137 Å². The van der Waals surface area contributed by atoms with Gasteiger partial charge in [-0.3, -0.25) is 4.79 Å². The van der Waals surface area contributed by atoms with E-state index in [0.29, 0.717) is 17.6 Å². The molecular formula is C18H15N5O. The van der Waals surface area contributed by atoms with Crippen molar-refractivity contribution in [3.8, 4) is 0 Å². The number of nitrogens with one attached hydrogen (secondary N) is 2. The summed E-state index contributed by atoms with van der Waals surface area (Å²) in [4.78, 5) is 18.3. The van der Waals surface area contributed by atoms with Gasteiger partial charge in [0.25, 0.3) is 5.91 Å². The normalized spacial score (nSPS) is 14.2. The zero-order valence-electron chi connectivity index (χ0n) is 12.9. The molecule has 6 heteroatoms. The molecule has 118 valence electrons. The number of fused-ring (bicyclic) bond motifs is 4. The standard InChI is InChI=1S/C18H15N5O/c24-18(11-5-6-16-17(9-11)21-22-20-16)23-8-7-15-13(10-23)12-3-1-2-4-14(12)19-15/h1-6,9,19H,7-8,10H2,(H,20,21,22). The van der Waals surface area contributed by atoms with Crippen LogP contribution in [0.1, 0.15) is 21.6 Å². The highest BCUT2D eigenvalue weighted by molar-refractivity contribution is 5.97. The van der Waals surface area contributed by atoms with Crippen molar-refractivity contribution in [1.29, 1.82) is 0 Å². The van der Waals surface area contributed by atoms with E-state index in [1.165, 1.54) is 16.6 Å². The van der Waals surface area contributed by atoms with E-state index in [2.05, 4.69) is 32.5 Å². The van der Waals surface area contributed by atoms with Crippen molar-refractivity contribution in [3.63, 3.8) is 0 Å². The van der Waals surface area contributed by atoms with Crippen molar-refractivity contribution >= 4 is 27.8 Å². The van der Waals surface area contributed by atoms with E-state index < -0.39 is 0 Å². The fourth-order valence-electron chi connectivity index (χ4n) is 3.50. The van der Waals surface area contributed by atoms with Gasteiger partial charge < -0.3 is 9.88 Å². The average molecular weight is 317 g/mol. The molecule has 0 saturated carbocycles. The van der Waals surface area contributed by atoms with Crippen LogP contribution in [0.2, 0.25) is 0 Å². The maximum Gasteiger partial charge on any atom is 0.254 e. The maximum absolute atomic E-state index is 12.9. The highest BCUT2D eigenvalue weighted by Crippen LogP contribution is 2.28. The molecule has 0 unspecified atom stereocenters. The number of hydrogen-bond donors (Lipinski definition) is 2. The summed E-state index contributed by atoms with van der Waals surface area (Å²) >= 11 is 0. The Morgan fingerprint density at radius 1 is 1.08 bits per heavy atom. The second kappa shape index (κ2) is 4.92. The SMILES string of the molecule is O=C(c1ccc2n[nH]nc2c1)N1CCc2[nH]c3ccccc3c2C1. The molecule has 2 aromatic carbocycles. The van der Waals surface area contributed by atoms with Gasteiger partial charge in [0, 0.05) is 47.2 Å². The van der Waals surface area contributed by atoms with E-state index >= 15 is 0 Å². The van der Waals surface area contributed by atoms with Crippen molar-refractivity contribution in [2.24, 2.45) is 0 Å². The number of rotatable bonds is 1. The van der Waals surface area contributed by atoms with Crippen LogP contribution in [-0.2, 0) is 13.0 Å². The Kier molecular flexibility index (Phi) is 2.73. The van der Waals surface area contributed by atoms with E-state index in [9.17, 15) is 4.79 Å². The van der Waals surface area contributed by atoms with Gasteiger partial charge in [-0.1, -0.05) is 18.2 Å². The van der Waals surface area contributed by atoms with Crippen molar-refractivity contribution in [2.45, 2.75) is 13.0 Å². The second-order valence-corrected chi connectivity index (χ2v) is 6.13. The molecule has 0 spiro atoms. The Hall–Kier alpha value is -3.15. The van der Waals surface area contributed by atoms with E-state index in [1.54, 1.807) is 6.07 Å². The number of carbonyl (C=O) groups excluding carboxylic acids is 1. The summed E-state index contributed by atoms with van der Waals surface area (Å²) in [5.41, 5.74) is 5.75. The topological polar surface area (TPSA) is 77.7 Å². The van der Waals surface area contributed by atoms with Gasteiger partial charge in [0.1, 0.15) is 11.0 Å². The minimum Gasteiger partial charge on any atom is -0.358 e. The lowest BCUT2D eigenvalue weighted by atomic mass is 10.0. The first-order valence-corrected chi connectivity index (χ1v) is 7.98. The molecule has 4 aromatic rings. The van der Waals surface area contributed by atoms with Crippen LogP contribution in [0.5, 0.6) is 0 Å². The number of nitrogens with zero attached hydrogens (tertiary/aromatic N) is 3. The number of carbonyl (C=O) groups is 1. The van der Waals surface area contributed by atoms with Gasteiger partial charge in [-0.25, -0.2) is 0 Å². The van der Waals surface area contributed by atoms with Crippen molar-refractivity contribution in [3.05, 3.63) is 59.3 Å². The minimum absolute atomic E-state index is 0.0378. The fourth-order valence-corrected chi connectivity index (χ4v) is 3.50. The third-order valence-corrected chi connectivity index (χ3v) is 4.73. The lowest BCUT2D eigenvalue weighted by molar-refractivity contribution is 0.0735. The fraction of sp³-hybridized carbons (Fsp3) is 0.167. The van der Waals surface area contributed by atoms with Crippen LogP contribution >= 0.6 is 0 Å². The lowest BCUT2D eigenvalue weighted by Crippen LogP contribution is -2.35. The quantitative estimate of drug-likeness (QED) is 0.566. The summed E-state index contributed by atoms with van der Waals surface area (Å²) in [6.45, 7) is 1.35. The molecule has 0 atom stereocenters. The van der Waals surface area contributed by atoms with Gasteiger partial charge in [-0.15, -0.1) is 0 Å². The Morgan fingerprint density at radius 2 is 1.96 bits per heavy atom. The number of benzene rings is 2. The van der Waals surface area contributed by atoms with Crippen LogP contribution in [-0.4, -0.2) is 37.7 Å². The van der Waals surface area contributed by atoms with Gasteiger partial charge in [0.05, 0.1) is 0 Å². The number of aromatic amines is 2. The number of amides is 1. The predicted octanol–water partition coefficient (Wildman–Crippen LogP) is 2.64. The molecule has 1 aliphatic rings. The zero-order valence-corrected chi connectivity index (χ0v) is 12.9. The molecule has 0 fully saturated rings. The summed E-state index contributed by atoms with van der Waals surface area (Å²) in [5.74, 6) is 0.0378.